The number of hydrogen-bond donors (Lipinski definition) is 3. The number of unbranched alkanes of at least 4 members (excludes halogenated alkanes) is 3. The average Bonchev–Trinajstić information content (AvgIpc) is 2.35. The van der Waals surface area contributed by atoms with Gasteiger partial charge in [-0.3, -0.25) is 14.9 Å². The Hall–Kier alpha value is -1.24. The molecule has 3 N–H and O–H groups in total. The fourth-order valence-corrected chi connectivity index (χ4v) is 1.87. The Labute approximate surface area is 117 Å². The van der Waals surface area contributed by atoms with E-state index in [1.807, 2.05) is 11.8 Å². The fraction of sp³-hybridized carbons (Fsp3) is 0.750. The number of rotatable bonds is 10. The molecule has 0 rings (SSSR count). The number of carboxylic acids is 1. The number of thioether (sulfide) groups is 1. The van der Waals surface area contributed by atoms with Crippen molar-refractivity contribution >= 4 is 29.7 Å². The van der Waals surface area contributed by atoms with Gasteiger partial charge in [0.1, 0.15) is 0 Å². The smallest absolute Gasteiger partial charge is 0.321 e. The molecule has 0 aromatic carbocycles. The van der Waals surface area contributed by atoms with Crippen LogP contribution in [0.4, 0.5) is 4.79 Å². The SMILES string of the molecule is CSCCCCCCNC(=O)NC(=O)CCC(=O)O. The summed E-state index contributed by atoms with van der Waals surface area (Å²) in [6.07, 6.45) is 5.88. The number of nitrogens with one attached hydrogen (secondary N) is 2. The molecule has 0 fully saturated rings. The lowest BCUT2D eigenvalue weighted by atomic mass is 10.2. The third-order valence-electron chi connectivity index (χ3n) is 2.38. The van der Waals surface area contributed by atoms with Crippen molar-refractivity contribution in [2.75, 3.05) is 18.6 Å². The molecule has 110 valence electrons. The summed E-state index contributed by atoms with van der Waals surface area (Å²) in [5, 5.41) is 13.0. The second kappa shape index (κ2) is 11.8. The Kier molecular flexibility index (Phi) is 11.1. The van der Waals surface area contributed by atoms with E-state index in [0.29, 0.717) is 6.54 Å². The Balaban J connectivity index is 3.43. The summed E-state index contributed by atoms with van der Waals surface area (Å²) in [5.41, 5.74) is 0. The monoisotopic (exact) mass is 290 g/mol. The van der Waals surface area contributed by atoms with Gasteiger partial charge in [0, 0.05) is 13.0 Å². The average molecular weight is 290 g/mol. The van der Waals surface area contributed by atoms with Crippen molar-refractivity contribution < 1.29 is 19.5 Å². The Morgan fingerprint density at radius 3 is 2.37 bits per heavy atom. The second-order valence-corrected chi connectivity index (χ2v) is 5.09. The highest BCUT2D eigenvalue weighted by atomic mass is 32.2. The van der Waals surface area contributed by atoms with E-state index in [4.69, 9.17) is 5.11 Å². The molecule has 0 radical (unpaired) electrons. The van der Waals surface area contributed by atoms with Gasteiger partial charge in [-0.05, 0) is 24.9 Å². The van der Waals surface area contributed by atoms with Gasteiger partial charge in [0.05, 0.1) is 6.42 Å². The molecule has 0 aliphatic rings. The minimum absolute atomic E-state index is 0.183. The zero-order chi connectivity index (χ0) is 14.5. The molecule has 0 bridgehead atoms. The zero-order valence-corrected chi connectivity index (χ0v) is 12.1. The zero-order valence-electron chi connectivity index (χ0n) is 11.2. The van der Waals surface area contributed by atoms with Crippen molar-refractivity contribution in [3.8, 4) is 0 Å². The van der Waals surface area contributed by atoms with E-state index in [2.05, 4.69) is 16.9 Å². The molecular formula is C12H22N2O4S. The minimum Gasteiger partial charge on any atom is -0.481 e. The van der Waals surface area contributed by atoms with Crippen molar-refractivity contribution in [3.63, 3.8) is 0 Å². The first-order valence-corrected chi connectivity index (χ1v) is 7.74. The third kappa shape index (κ3) is 13.0. The maximum atomic E-state index is 11.2. The summed E-state index contributed by atoms with van der Waals surface area (Å²) in [6, 6.07) is -0.556. The second-order valence-electron chi connectivity index (χ2n) is 4.10. The lowest BCUT2D eigenvalue weighted by Crippen LogP contribution is -2.39. The molecule has 0 aromatic rings. The predicted molar refractivity (Wildman–Crippen MR) is 75.3 cm³/mol. The van der Waals surface area contributed by atoms with Crippen LogP contribution in [-0.2, 0) is 9.59 Å². The Bertz CT molecular complexity index is 297. The van der Waals surface area contributed by atoms with Crippen molar-refractivity contribution in [2.24, 2.45) is 0 Å². The van der Waals surface area contributed by atoms with Gasteiger partial charge in [0.25, 0.3) is 0 Å². The van der Waals surface area contributed by atoms with Crippen LogP contribution in [0.5, 0.6) is 0 Å². The third-order valence-corrected chi connectivity index (χ3v) is 3.08. The van der Waals surface area contributed by atoms with Crippen molar-refractivity contribution in [1.29, 1.82) is 0 Å². The number of carbonyl (C=O) groups is 3. The van der Waals surface area contributed by atoms with Gasteiger partial charge in [-0.1, -0.05) is 12.8 Å². The van der Waals surface area contributed by atoms with E-state index in [-0.39, 0.29) is 12.8 Å². The summed E-state index contributed by atoms with van der Waals surface area (Å²) in [6.45, 7) is 0.525. The number of carboxylic acid groups (broad SMARTS) is 1. The van der Waals surface area contributed by atoms with Gasteiger partial charge in [0.15, 0.2) is 0 Å². The van der Waals surface area contributed by atoms with Gasteiger partial charge in [-0.15, -0.1) is 0 Å². The lowest BCUT2D eigenvalue weighted by molar-refractivity contribution is -0.138. The Morgan fingerprint density at radius 1 is 1.05 bits per heavy atom. The molecule has 0 aromatic heterocycles. The Morgan fingerprint density at radius 2 is 1.74 bits per heavy atom. The number of urea groups is 1. The van der Waals surface area contributed by atoms with Crippen molar-refractivity contribution in [3.05, 3.63) is 0 Å². The molecule has 0 aliphatic heterocycles. The number of aliphatic carboxylic acids is 1. The first-order chi connectivity index (χ1) is 9.06. The van der Waals surface area contributed by atoms with Gasteiger partial charge in [0.2, 0.25) is 5.91 Å². The maximum Gasteiger partial charge on any atom is 0.321 e. The number of carbonyl (C=O) groups excluding carboxylic acids is 2. The molecule has 0 unspecified atom stereocenters. The van der Waals surface area contributed by atoms with Gasteiger partial charge < -0.3 is 10.4 Å². The van der Waals surface area contributed by atoms with E-state index in [9.17, 15) is 14.4 Å². The molecule has 7 heteroatoms. The summed E-state index contributed by atoms with van der Waals surface area (Å²) in [7, 11) is 0. The molecule has 0 heterocycles. The molecule has 3 amide bonds. The van der Waals surface area contributed by atoms with E-state index in [0.717, 1.165) is 25.0 Å². The van der Waals surface area contributed by atoms with Crippen LogP contribution in [0.3, 0.4) is 0 Å². The summed E-state index contributed by atoms with van der Waals surface area (Å²) in [5.74, 6) is -0.466. The first-order valence-electron chi connectivity index (χ1n) is 6.34. The van der Waals surface area contributed by atoms with E-state index in [1.165, 1.54) is 6.42 Å². The molecule has 0 aliphatic carbocycles. The van der Waals surface area contributed by atoms with Crippen LogP contribution in [0.2, 0.25) is 0 Å². The fourth-order valence-electron chi connectivity index (χ4n) is 1.38. The summed E-state index contributed by atoms with van der Waals surface area (Å²) in [4.78, 5) is 32.6. The highest BCUT2D eigenvalue weighted by Crippen LogP contribution is 2.03. The van der Waals surface area contributed by atoms with Gasteiger partial charge in [-0.2, -0.15) is 11.8 Å². The van der Waals surface area contributed by atoms with E-state index in [1.54, 1.807) is 0 Å². The first kappa shape index (κ1) is 17.8. The van der Waals surface area contributed by atoms with Crippen LogP contribution in [-0.4, -0.2) is 41.6 Å². The topological polar surface area (TPSA) is 95.5 Å². The lowest BCUT2D eigenvalue weighted by Gasteiger charge is -2.06. The van der Waals surface area contributed by atoms with Crippen LogP contribution in [0, 0.1) is 0 Å². The van der Waals surface area contributed by atoms with E-state index < -0.39 is 17.9 Å². The molecule has 19 heavy (non-hydrogen) atoms. The van der Waals surface area contributed by atoms with Crippen LogP contribution < -0.4 is 10.6 Å². The summed E-state index contributed by atoms with van der Waals surface area (Å²) < 4.78 is 0. The molecular weight excluding hydrogens is 268 g/mol. The summed E-state index contributed by atoms with van der Waals surface area (Å²) >= 11 is 1.82. The van der Waals surface area contributed by atoms with Crippen molar-refractivity contribution in [2.45, 2.75) is 38.5 Å². The van der Waals surface area contributed by atoms with Gasteiger partial charge in [-0.25, -0.2) is 4.79 Å². The standard InChI is InChI=1S/C12H22N2O4S/c1-19-9-5-3-2-4-8-13-12(18)14-10(15)6-7-11(16)17/h2-9H2,1H3,(H,16,17)(H2,13,14,15,18). The number of amides is 3. The minimum atomic E-state index is -1.05. The number of imide groups is 1. The molecule has 0 saturated carbocycles. The normalized spacial score (nSPS) is 9.95. The number of hydrogen-bond acceptors (Lipinski definition) is 4. The highest BCUT2D eigenvalue weighted by Gasteiger charge is 2.08. The van der Waals surface area contributed by atoms with Crippen molar-refractivity contribution in [1.82, 2.24) is 10.6 Å². The largest absolute Gasteiger partial charge is 0.481 e. The van der Waals surface area contributed by atoms with E-state index >= 15 is 0 Å². The van der Waals surface area contributed by atoms with Crippen LogP contribution in [0.1, 0.15) is 38.5 Å². The van der Waals surface area contributed by atoms with Crippen LogP contribution in [0.25, 0.3) is 0 Å². The highest BCUT2D eigenvalue weighted by molar-refractivity contribution is 7.98. The van der Waals surface area contributed by atoms with Crippen LogP contribution in [0.15, 0.2) is 0 Å². The predicted octanol–water partition coefficient (Wildman–Crippen LogP) is 1.60. The molecule has 0 saturated heterocycles. The molecule has 6 nitrogen and oxygen atoms in total. The quantitative estimate of drug-likeness (QED) is 0.531. The maximum absolute atomic E-state index is 11.2. The molecule has 0 atom stereocenters. The van der Waals surface area contributed by atoms with Gasteiger partial charge >= 0.3 is 12.0 Å². The van der Waals surface area contributed by atoms with Crippen LogP contribution >= 0.6 is 11.8 Å². The molecule has 0 spiro atoms.